The van der Waals surface area contributed by atoms with E-state index in [-0.39, 0.29) is 5.75 Å². The van der Waals surface area contributed by atoms with Crippen molar-refractivity contribution in [3.05, 3.63) is 30.0 Å². The van der Waals surface area contributed by atoms with Gasteiger partial charge in [-0.05, 0) is 19.1 Å². The Labute approximate surface area is 114 Å². The number of para-hydroxylation sites is 2. The molecule has 96 valence electrons. The van der Waals surface area contributed by atoms with Crippen molar-refractivity contribution < 1.29 is 8.42 Å². The van der Waals surface area contributed by atoms with Crippen molar-refractivity contribution >= 4 is 42.5 Å². The van der Waals surface area contributed by atoms with Gasteiger partial charge < -0.3 is 0 Å². The molecule has 4 nitrogen and oxygen atoms in total. The zero-order valence-corrected chi connectivity index (χ0v) is 12.0. The summed E-state index contributed by atoms with van der Waals surface area (Å²) in [6.07, 6.45) is 0. The van der Waals surface area contributed by atoms with E-state index in [4.69, 9.17) is 10.7 Å². The molecule has 2 rings (SSSR count). The molecular weight excluding hydrogens is 292 g/mol. The highest BCUT2D eigenvalue weighted by atomic mass is 35.7. The molecule has 0 fully saturated rings. The Morgan fingerprint density at radius 2 is 1.83 bits per heavy atom. The molecule has 0 N–H and O–H groups in total. The van der Waals surface area contributed by atoms with Crippen LogP contribution in [-0.2, 0) is 9.05 Å². The summed E-state index contributed by atoms with van der Waals surface area (Å²) >= 11 is 1.35. The third-order valence-corrected chi connectivity index (χ3v) is 4.75. The van der Waals surface area contributed by atoms with E-state index < -0.39 is 9.05 Å². The van der Waals surface area contributed by atoms with Gasteiger partial charge in [0, 0.05) is 16.4 Å². The maximum atomic E-state index is 10.8. The van der Waals surface area contributed by atoms with E-state index in [1.165, 1.54) is 11.8 Å². The Balaban J connectivity index is 2.20. The first-order valence-corrected chi connectivity index (χ1v) is 8.70. The molecule has 18 heavy (non-hydrogen) atoms. The average molecular weight is 303 g/mol. The Hall–Kier alpha value is -0.850. The lowest BCUT2D eigenvalue weighted by Gasteiger charge is -2.05. The molecule has 0 saturated carbocycles. The van der Waals surface area contributed by atoms with E-state index in [9.17, 15) is 8.42 Å². The maximum absolute atomic E-state index is 10.8. The zero-order valence-electron chi connectivity index (χ0n) is 9.63. The van der Waals surface area contributed by atoms with Crippen molar-refractivity contribution in [2.45, 2.75) is 11.9 Å². The monoisotopic (exact) mass is 302 g/mol. The van der Waals surface area contributed by atoms with Crippen LogP contribution in [0.15, 0.2) is 29.3 Å². The van der Waals surface area contributed by atoms with Gasteiger partial charge >= 0.3 is 0 Å². The SMILES string of the molecule is Cc1nc2ccccc2nc1SCCS(=O)(=O)Cl. The number of benzene rings is 1. The molecule has 0 aliphatic rings. The lowest BCUT2D eigenvalue weighted by molar-refractivity contribution is 0.611. The van der Waals surface area contributed by atoms with Gasteiger partial charge in [0.2, 0.25) is 9.05 Å². The molecule has 0 unspecified atom stereocenters. The minimum absolute atomic E-state index is 0.0762. The second-order valence-electron chi connectivity index (χ2n) is 3.69. The second kappa shape index (κ2) is 5.42. The quantitative estimate of drug-likeness (QED) is 0.642. The number of nitrogens with zero attached hydrogens (tertiary/aromatic N) is 2. The number of thioether (sulfide) groups is 1. The van der Waals surface area contributed by atoms with Gasteiger partial charge in [0.1, 0.15) is 5.03 Å². The molecule has 1 aromatic heterocycles. The molecule has 0 saturated heterocycles. The summed E-state index contributed by atoms with van der Waals surface area (Å²) in [6, 6.07) is 7.57. The van der Waals surface area contributed by atoms with Crippen molar-refractivity contribution in [1.29, 1.82) is 0 Å². The minimum atomic E-state index is -3.45. The molecule has 0 amide bonds. The fourth-order valence-electron chi connectivity index (χ4n) is 1.45. The molecule has 0 spiro atoms. The lowest BCUT2D eigenvalue weighted by atomic mass is 10.3. The van der Waals surface area contributed by atoms with Gasteiger partial charge in [0.25, 0.3) is 0 Å². The number of halogens is 1. The number of fused-ring (bicyclic) bond motifs is 1. The summed E-state index contributed by atoms with van der Waals surface area (Å²) in [7, 11) is 1.71. The fraction of sp³-hybridized carbons (Fsp3) is 0.273. The van der Waals surface area contributed by atoms with Crippen LogP contribution >= 0.6 is 22.4 Å². The Morgan fingerprint density at radius 1 is 1.22 bits per heavy atom. The lowest BCUT2D eigenvalue weighted by Crippen LogP contribution is -2.01. The van der Waals surface area contributed by atoms with Crippen molar-refractivity contribution in [3.63, 3.8) is 0 Å². The Bertz CT molecular complexity index is 674. The fourth-order valence-corrected chi connectivity index (χ4v) is 3.75. The van der Waals surface area contributed by atoms with Gasteiger partial charge in [-0.25, -0.2) is 18.4 Å². The number of rotatable bonds is 4. The van der Waals surface area contributed by atoms with Crippen LogP contribution in [0.25, 0.3) is 11.0 Å². The van der Waals surface area contributed by atoms with Crippen molar-refractivity contribution in [2.24, 2.45) is 0 Å². The molecule has 0 bridgehead atoms. The predicted molar refractivity (Wildman–Crippen MR) is 74.6 cm³/mol. The highest BCUT2D eigenvalue weighted by Gasteiger charge is 2.09. The van der Waals surface area contributed by atoms with E-state index in [0.717, 1.165) is 21.8 Å². The van der Waals surface area contributed by atoms with E-state index in [1.54, 1.807) is 0 Å². The van der Waals surface area contributed by atoms with Gasteiger partial charge in [-0.1, -0.05) is 12.1 Å². The molecule has 0 aliphatic heterocycles. The molecule has 0 aliphatic carbocycles. The largest absolute Gasteiger partial charge is 0.249 e. The molecular formula is C11H11ClN2O2S2. The topological polar surface area (TPSA) is 59.9 Å². The van der Waals surface area contributed by atoms with Gasteiger partial charge in [-0.2, -0.15) is 0 Å². The van der Waals surface area contributed by atoms with Crippen LogP contribution in [0.3, 0.4) is 0 Å². The number of hydrogen-bond acceptors (Lipinski definition) is 5. The van der Waals surface area contributed by atoms with Gasteiger partial charge in [-0.3, -0.25) is 0 Å². The first-order chi connectivity index (χ1) is 8.46. The highest BCUT2D eigenvalue weighted by molar-refractivity contribution is 8.14. The van der Waals surface area contributed by atoms with Gasteiger partial charge in [0.05, 0.1) is 22.5 Å². The van der Waals surface area contributed by atoms with Crippen LogP contribution in [-0.4, -0.2) is 29.9 Å². The summed E-state index contributed by atoms with van der Waals surface area (Å²) in [4.78, 5) is 8.88. The van der Waals surface area contributed by atoms with Crippen molar-refractivity contribution in [3.8, 4) is 0 Å². The van der Waals surface area contributed by atoms with Crippen LogP contribution in [0.2, 0.25) is 0 Å². The van der Waals surface area contributed by atoms with Crippen LogP contribution in [0.1, 0.15) is 5.69 Å². The summed E-state index contributed by atoms with van der Waals surface area (Å²) < 4.78 is 21.7. The number of aryl methyl sites for hydroxylation is 1. The van der Waals surface area contributed by atoms with Crippen LogP contribution in [0.5, 0.6) is 0 Å². The Kier molecular flexibility index (Phi) is 4.09. The third-order valence-electron chi connectivity index (χ3n) is 2.27. The molecule has 2 aromatic rings. The number of hydrogen-bond donors (Lipinski definition) is 0. The van der Waals surface area contributed by atoms with E-state index >= 15 is 0 Å². The molecule has 1 heterocycles. The zero-order chi connectivity index (χ0) is 13.2. The first kappa shape index (κ1) is 13.6. The van der Waals surface area contributed by atoms with Crippen LogP contribution in [0.4, 0.5) is 0 Å². The summed E-state index contributed by atoms with van der Waals surface area (Å²) in [5.41, 5.74) is 2.44. The predicted octanol–water partition coefficient (Wildman–Crippen LogP) is 2.60. The standard InChI is InChI=1S/C11H11ClN2O2S2/c1-8-11(17-6-7-18(12,15)16)14-10-5-3-2-4-9(10)13-8/h2-5H,6-7H2,1H3. The summed E-state index contributed by atoms with van der Waals surface area (Å²) in [5.74, 6) is 0.298. The van der Waals surface area contributed by atoms with Crippen LogP contribution in [0, 0.1) is 6.92 Å². The second-order valence-corrected chi connectivity index (χ2v) is 7.67. The van der Waals surface area contributed by atoms with E-state index in [2.05, 4.69) is 9.97 Å². The van der Waals surface area contributed by atoms with Gasteiger partial charge in [-0.15, -0.1) is 11.8 Å². The normalized spacial score (nSPS) is 11.9. The third kappa shape index (κ3) is 3.57. The highest BCUT2D eigenvalue weighted by Crippen LogP contribution is 2.22. The first-order valence-electron chi connectivity index (χ1n) is 5.24. The van der Waals surface area contributed by atoms with Crippen molar-refractivity contribution in [1.82, 2.24) is 9.97 Å². The maximum Gasteiger partial charge on any atom is 0.233 e. The smallest absolute Gasteiger partial charge is 0.233 e. The van der Waals surface area contributed by atoms with Crippen molar-refractivity contribution in [2.75, 3.05) is 11.5 Å². The molecule has 0 radical (unpaired) electrons. The van der Waals surface area contributed by atoms with Crippen LogP contribution < -0.4 is 0 Å². The average Bonchev–Trinajstić information content (AvgIpc) is 2.28. The number of aromatic nitrogens is 2. The molecule has 0 atom stereocenters. The summed E-state index contributed by atoms with van der Waals surface area (Å²) in [6.45, 7) is 1.86. The summed E-state index contributed by atoms with van der Waals surface area (Å²) in [5, 5.41) is 0.744. The van der Waals surface area contributed by atoms with E-state index in [0.29, 0.717) is 5.75 Å². The van der Waals surface area contributed by atoms with E-state index in [1.807, 2.05) is 31.2 Å². The molecule has 7 heteroatoms. The Morgan fingerprint density at radius 3 is 2.44 bits per heavy atom. The minimum Gasteiger partial charge on any atom is -0.249 e. The van der Waals surface area contributed by atoms with Gasteiger partial charge in [0.15, 0.2) is 0 Å². The molecule has 1 aromatic carbocycles.